The normalized spacial score (nSPS) is 13.4. The lowest BCUT2D eigenvalue weighted by Crippen LogP contribution is -2.53. The third-order valence-corrected chi connectivity index (χ3v) is 3.31. The van der Waals surface area contributed by atoms with Gasteiger partial charge < -0.3 is 15.2 Å². The molecule has 0 aliphatic heterocycles. The number of rotatable bonds is 6. The van der Waals surface area contributed by atoms with E-state index in [1.165, 1.54) is 6.92 Å². The van der Waals surface area contributed by atoms with E-state index in [1.54, 1.807) is 31.2 Å². The predicted octanol–water partition coefficient (Wildman–Crippen LogP) is 2.20. The van der Waals surface area contributed by atoms with Crippen LogP contribution in [0.1, 0.15) is 20.3 Å². The van der Waals surface area contributed by atoms with Crippen LogP contribution in [0.5, 0.6) is 5.75 Å². The Hall–Kier alpha value is -1.56. The molecule has 104 valence electrons. The number of ether oxygens (including phenoxy) is 1. The third kappa shape index (κ3) is 4.55. The van der Waals surface area contributed by atoms with E-state index in [0.717, 1.165) is 4.47 Å². The molecule has 6 heteroatoms. The first-order valence-electron chi connectivity index (χ1n) is 5.80. The third-order valence-electron chi connectivity index (χ3n) is 2.78. The van der Waals surface area contributed by atoms with E-state index < -0.39 is 17.4 Å². The summed E-state index contributed by atoms with van der Waals surface area (Å²) in [6.45, 7) is 2.95. The molecule has 0 fully saturated rings. The Balaban J connectivity index is 2.52. The zero-order valence-corrected chi connectivity index (χ0v) is 12.4. The van der Waals surface area contributed by atoms with E-state index >= 15 is 0 Å². The fourth-order valence-electron chi connectivity index (χ4n) is 1.32. The van der Waals surface area contributed by atoms with Gasteiger partial charge in [0, 0.05) is 4.47 Å². The summed E-state index contributed by atoms with van der Waals surface area (Å²) in [5, 5.41) is 11.5. The maximum atomic E-state index is 11.7. The number of nitrogens with one attached hydrogen (secondary N) is 1. The summed E-state index contributed by atoms with van der Waals surface area (Å²) in [7, 11) is 0. The van der Waals surface area contributed by atoms with Crippen LogP contribution in [0.25, 0.3) is 0 Å². The summed E-state index contributed by atoms with van der Waals surface area (Å²) in [5.74, 6) is -0.978. The standard InChI is InChI=1S/C13H16BrNO4/c1-3-13(2,12(17)18)15-11(16)8-19-10-6-4-9(14)5-7-10/h4-7H,3,8H2,1-2H3,(H,15,16)(H,17,18). The predicted molar refractivity (Wildman–Crippen MR) is 74.1 cm³/mol. The summed E-state index contributed by atoms with van der Waals surface area (Å²) in [6, 6.07) is 7.02. The summed E-state index contributed by atoms with van der Waals surface area (Å²) in [5.41, 5.74) is -1.26. The zero-order valence-electron chi connectivity index (χ0n) is 10.8. The number of hydrogen-bond acceptors (Lipinski definition) is 3. The first kappa shape index (κ1) is 15.5. The van der Waals surface area contributed by atoms with Crippen molar-refractivity contribution in [3.63, 3.8) is 0 Å². The van der Waals surface area contributed by atoms with Gasteiger partial charge in [0.15, 0.2) is 6.61 Å². The van der Waals surface area contributed by atoms with Crippen LogP contribution >= 0.6 is 15.9 Å². The van der Waals surface area contributed by atoms with Crippen LogP contribution in [0, 0.1) is 0 Å². The van der Waals surface area contributed by atoms with Gasteiger partial charge >= 0.3 is 5.97 Å². The molecule has 1 rings (SSSR count). The molecule has 1 unspecified atom stereocenters. The van der Waals surface area contributed by atoms with E-state index in [9.17, 15) is 9.59 Å². The Morgan fingerprint density at radius 1 is 1.37 bits per heavy atom. The van der Waals surface area contributed by atoms with Crippen molar-refractivity contribution in [1.29, 1.82) is 0 Å². The SMILES string of the molecule is CCC(C)(NC(=O)COc1ccc(Br)cc1)C(=O)O. The van der Waals surface area contributed by atoms with Crippen molar-refractivity contribution in [2.45, 2.75) is 25.8 Å². The number of benzene rings is 1. The van der Waals surface area contributed by atoms with E-state index in [4.69, 9.17) is 9.84 Å². The molecule has 1 aromatic rings. The van der Waals surface area contributed by atoms with Crippen molar-refractivity contribution in [3.05, 3.63) is 28.7 Å². The van der Waals surface area contributed by atoms with Crippen LogP contribution in [0.4, 0.5) is 0 Å². The lowest BCUT2D eigenvalue weighted by atomic mass is 9.99. The molecule has 0 saturated carbocycles. The van der Waals surface area contributed by atoms with Crippen molar-refractivity contribution in [2.24, 2.45) is 0 Å². The molecular weight excluding hydrogens is 314 g/mol. The topological polar surface area (TPSA) is 75.6 Å². The Bertz CT molecular complexity index is 460. The quantitative estimate of drug-likeness (QED) is 0.838. The number of amides is 1. The molecule has 0 aliphatic carbocycles. The van der Waals surface area contributed by atoms with Gasteiger partial charge in [-0.15, -0.1) is 0 Å². The highest BCUT2D eigenvalue weighted by Crippen LogP contribution is 2.16. The molecule has 5 nitrogen and oxygen atoms in total. The van der Waals surface area contributed by atoms with Gasteiger partial charge in [0.05, 0.1) is 0 Å². The highest BCUT2D eigenvalue weighted by Gasteiger charge is 2.32. The van der Waals surface area contributed by atoms with Crippen LogP contribution in [0.2, 0.25) is 0 Å². The van der Waals surface area contributed by atoms with Crippen LogP contribution in [-0.2, 0) is 9.59 Å². The largest absolute Gasteiger partial charge is 0.484 e. The molecule has 19 heavy (non-hydrogen) atoms. The van der Waals surface area contributed by atoms with Crippen LogP contribution in [0.3, 0.4) is 0 Å². The van der Waals surface area contributed by atoms with E-state index in [2.05, 4.69) is 21.2 Å². The van der Waals surface area contributed by atoms with Gasteiger partial charge in [-0.05, 0) is 37.6 Å². The minimum atomic E-state index is -1.26. The molecule has 0 spiro atoms. The van der Waals surface area contributed by atoms with Crippen LogP contribution in [-0.4, -0.2) is 29.1 Å². The summed E-state index contributed by atoms with van der Waals surface area (Å²) in [4.78, 5) is 22.7. The van der Waals surface area contributed by atoms with Crippen molar-refractivity contribution in [3.8, 4) is 5.75 Å². The van der Waals surface area contributed by atoms with Gasteiger partial charge in [0.25, 0.3) is 5.91 Å². The summed E-state index contributed by atoms with van der Waals surface area (Å²) < 4.78 is 6.18. The highest BCUT2D eigenvalue weighted by molar-refractivity contribution is 9.10. The molecular formula is C13H16BrNO4. The highest BCUT2D eigenvalue weighted by atomic mass is 79.9. The Morgan fingerprint density at radius 2 is 1.95 bits per heavy atom. The second kappa shape index (κ2) is 6.56. The van der Waals surface area contributed by atoms with Crippen molar-refractivity contribution in [2.75, 3.05) is 6.61 Å². The molecule has 0 saturated heterocycles. The monoisotopic (exact) mass is 329 g/mol. The average Bonchev–Trinajstić information content (AvgIpc) is 2.37. The van der Waals surface area contributed by atoms with Gasteiger partial charge in [-0.3, -0.25) is 4.79 Å². The van der Waals surface area contributed by atoms with Gasteiger partial charge in [0.2, 0.25) is 0 Å². The fraction of sp³-hybridized carbons (Fsp3) is 0.385. The van der Waals surface area contributed by atoms with Crippen molar-refractivity contribution in [1.82, 2.24) is 5.32 Å². The van der Waals surface area contributed by atoms with Crippen LogP contribution in [0.15, 0.2) is 28.7 Å². The molecule has 2 N–H and O–H groups in total. The maximum Gasteiger partial charge on any atom is 0.329 e. The van der Waals surface area contributed by atoms with Gasteiger partial charge in [-0.25, -0.2) is 4.79 Å². The lowest BCUT2D eigenvalue weighted by Gasteiger charge is -2.24. The van der Waals surface area contributed by atoms with E-state index in [1.807, 2.05) is 0 Å². The molecule has 0 aromatic heterocycles. The summed E-state index contributed by atoms with van der Waals surface area (Å²) >= 11 is 3.29. The molecule has 1 aromatic carbocycles. The van der Waals surface area contributed by atoms with Gasteiger partial charge in [0.1, 0.15) is 11.3 Å². The molecule has 1 amide bonds. The minimum Gasteiger partial charge on any atom is -0.484 e. The molecule has 0 bridgehead atoms. The van der Waals surface area contributed by atoms with E-state index in [0.29, 0.717) is 12.2 Å². The number of hydrogen-bond donors (Lipinski definition) is 2. The minimum absolute atomic E-state index is 0.218. The molecule has 0 radical (unpaired) electrons. The molecule has 1 atom stereocenters. The first-order chi connectivity index (χ1) is 8.87. The molecule has 0 heterocycles. The first-order valence-corrected chi connectivity index (χ1v) is 6.59. The molecule has 0 aliphatic rings. The second-order valence-electron chi connectivity index (χ2n) is 4.28. The average molecular weight is 330 g/mol. The van der Waals surface area contributed by atoms with Gasteiger partial charge in [-0.2, -0.15) is 0 Å². The Kier molecular flexibility index (Phi) is 5.35. The number of aliphatic carboxylic acids is 1. The number of carboxylic acid groups (broad SMARTS) is 1. The number of carboxylic acids is 1. The number of carbonyl (C=O) groups is 2. The second-order valence-corrected chi connectivity index (χ2v) is 5.20. The van der Waals surface area contributed by atoms with Crippen LogP contribution < -0.4 is 10.1 Å². The summed E-state index contributed by atoms with van der Waals surface area (Å²) in [6.07, 6.45) is 0.298. The van der Waals surface area contributed by atoms with E-state index in [-0.39, 0.29) is 6.61 Å². The van der Waals surface area contributed by atoms with Crippen molar-refractivity contribution < 1.29 is 19.4 Å². The van der Waals surface area contributed by atoms with Crippen molar-refractivity contribution >= 4 is 27.8 Å². The zero-order chi connectivity index (χ0) is 14.5. The smallest absolute Gasteiger partial charge is 0.329 e. The van der Waals surface area contributed by atoms with Gasteiger partial charge in [-0.1, -0.05) is 22.9 Å². The Morgan fingerprint density at radius 3 is 2.42 bits per heavy atom. The number of carbonyl (C=O) groups excluding carboxylic acids is 1. The number of halogens is 1. The lowest BCUT2D eigenvalue weighted by molar-refractivity contribution is -0.147. The Labute approximate surface area is 120 Å². The maximum absolute atomic E-state index is 11.7. The fourth-order valence-corrected chi connectivity index (χ4v) is 1.58.